The van der Waals surface area contributed by atoms with Gasteiger partial charge in [-0.1, -0.05) is 25.7 Å². The Balaban J connectivity index is 2.27. The fraction of sp³-hybridized carbons (Fsp3) is 0.600. The number of sulfonamides is 1. The molecule has 1 aliphatic rings. The third-order valence-corrected chi connectivity index (χ3v) is 6.16. The van der Waals surface area contributed by atoms with Crippen LogP contribution in [0.4, 0.5) is 4.39 Å². The standard InChI is InChI=1S/C15H23FN2O2S/c1-18(13-6-4-2-3-5-7-13)21(19,20)14-8-9-15(16)12(10-14)11-17/h8-10,13H,2-7,11,17H2,1H3. The van der Waals surface area contributed by atoms with Gasteiger partial charge >= 0.3 is 0 Å². The normalized spacial score (nSPS) is 17.9. The molecule has 0 spiro atoms. The highest BCUT2D eigenvalue weighted by molar-refractivity contribution is 7.89. The van der Waals surface area contributed by atoms with Gasteiger partial charge in [-0.2, -0.15) is 4.31 Å². The molecular formula is C15H23FN2O2S. The van der Waals surface area contributed by atoms with Gasteiger partial charge in [-0.15, -0.1) is 0 Å². The summed E-state index contributed by atoms with van der Waals surface area (Å²) in [5.41, 5.74) is 5.68. The number of nitrogens with two attached hydrogens (primary N) is 1. The van der Waals surface area contributed by atoms with Crippen LogP contribution in [0.5, 0.6) is 0 Å². The fourth-order valence-electron chi connectivity index (χ4n) is 2.85. The molecule has 1 aromatic rings. The molecule has 0 bridgehead atoms. The topological polar surface area (TPSA) is 63.4 Å². The van der Waals surface area contributed by atoms with E-state index in [2.05, 4.69) is 0 Å². The molecule has 0 radical (unpaired) electrons. The lowest BCUT2D eigenvalue weighted by atomic mass is 10.1. The molecule has 0 aliphatic heterocycles. The maximum Gasteiger partial charge on any atom is 0.243 e. The highest BCUT2D eigenvalue weighted by Crippen LogP contribution is 2.26. The first-order valence-electron chi connectivity index (χ1n) is 7.43. The van der Waals surface area contributed by atoms with E-state index in [0.29, 0.717) is 0 Å². The second-order valence-electron chi connectivity index (χ2n) is 5.62. The van der Waals surface area contributed by atoms with E-state index in [9.17, 15) is 12.8 Å². The Morgan fingerprint density at radius 2 is 1.86 bits per heavy atom. The van der Waals surface area contributed by atoms with E-state index < -0.39 is 15.8 Å². The molecule has 0 unspecified atom stereocenters. The Bertz CT molecular complexity index is 581. The summed E-state index contributed by atoms with van der Waals surface area (Å²) in [7, 11) is -1.97. The van der Waals surface area contributed by atoms with E-state index in [1.165, 1.54) is 22.5 Å². The van der Waals surface area contributed by atoms with Crippen LogP contribution in [0.3, 0.4) is 0 Å². The predicted octanol–water partition coefficient (Wildman–Crippen LogP) is 2.63. The summed E-state index contributed by atoms with van der Waals surface area (Å²) in [5, 5.41) is 0. The van der Waals surface area contributed by atoms with Crippen molar-refractivity contribution in [2.24, 2.45) is 5.73 Å². The van der Waals surface area contributed by atoms with Gasteiger partial charge in [0.15, 0.2) is 0 Å². The van der Waals surface area contributed by atoms with Crippen molar-refractivity contribution in [2.45, 2.75) is 56.0 Å². The van der Waals surface area contributed by atoms with Crippen LogP contribution in [0.15, 0.2) is 23.1 Å². The summed E-state index contributed by atoms with van der Waals surface area (Å²) in [6, 6.07) is 3.87. The Morgan fingerprint density at radius 3 is 2.43 bits per heavy atom. The van der Waals surface area contributed by atoms with Crippen molar-refractivity contribution < 1.29 is 12.8 Å². The lowest BCUT2D eigenvalue weighted by Crippen LogP contribution is -2.36. The summed E-state index contributed by atoms with van der Waals surface area (Å²) in [6.07, 6.45) is 6.22. The van der Waals surface area contributed by atoms with Crippen molar-refractivity contribution >= 4 is 10.0 Å². The zero-order valence-electron chi connectivity index (χ0n) is 12.4. The summed E-state index contributed by atoms with van der Waals surface area (Å²) < 4.78 is 40.3. The minimum atomic E-state index is -3.59. The summed E-state index contributed by atoms with van der Waals surface area (Å²) in [6.45, 7) is -0.0116. The third kappa shape index (κ3) is 3.62. The molecule has 4 nitrogen and oxygen atoms in total. The van der Waals surface area contributed by atoms with Crippen LogP contribution in [0.2, 0.25) is 0 Å². The van der Waals surface area contributed by atoms with Gasteiger partial charge in [-0.25, -0.2) is 12.8 Å². The van der Waals surface area contributed by atoms with E-state index in [-0.39, 0.29) is 23.0 Å². The van der Waals surface area contributed by atoms with Crippen molar-refractivity contribution in [1.82, 2.24) is 4.31 Å². The second-order valence-corrected chi connectivity index (χ2v) is 7.62. The first-order chi connectivity index (χ1) is 9.96. The van der Waals surface area contributed by atoms with Gasteiger partial charge < -0.3 is 5.73 Å². The first kappa shape index (κ1) is 16.4. The maximum absolute atomic E-state index is 13.5. The van der Waals surface area contributed by atoms with Crippen molar-refractivity contribution in [3.8, 4) is 0 Å². The van der Waals surface area contributed by atoms with Crippen LogP contribution in [0, 0.1) is 5.82 Å². The largest absolute Gasteiger partial charge is 0.326 e. The third-order valence-electron chi connectivity index (χ3n) is 4.25. The zero-order chi connectivity index (χ0) is 15.5. The molecule has 1 saturated carbocycles. The van der Waals surface area contributed by atoms with Crippen LogP contribution < -0.4 is 5.73 Å². The summed E-state index contributed by atoms with van der Waals surface area (Å²) in [5.74, 6) is -0.464. The van der Waals surface area contributed by atoms with Gasteiger partial charge in [0.25, 0.3) is 0 Å². The Hall–Kier alpha value is -0.980. The lowest BCUT2D eigenvalue weighted by Gasteiger charge is -2.26. The number of benzene rings is 1. The van der Waals surface area contributed by atoms with Crippen molar-refractivity contribution in [3.05, 3.63) is 29.6 Å². The number of rotatable bonds is 4. The quantitative estimate of drug-likeness (QED) is 0.869. The average molecular weight is 314 g/mol. The van der Waals surface area contributed by atoms with Gasteiger partial charge in [0.2, 0.25) is 10.0 Å². The van der Waals surface area contributed by atoms with E-state index in [1.54, 1.807) is 7.05 Å². The lowest BCUT2D eigenvalue weighted by molar-refractivity contribution is 0.335. The maximum atomic E-state index is 13.5. The van der Waals surface area contributed by atoms with E-state index in [1.807, 2.05) is 0 Å². The second kappa shape index (κ2) is 6.85. The Labute approximate surface area is 126 Å². The Kier molecular flexibility index (Phi) is 5.35. The minimum absolute atomic E-state index is 0.0116. The van der Waals surface area contributed by atoms with Gasteiger partial charge in [0.1, 0.15) is 5.82 Å². The van der Waals surface area contributed by atoms with E-state index in [4.69, 9.17) is 5.73 Å². The average Bonchev–Trinajstić information content (AvgIpc) is 2.75. The molecule has 0 atom stereocenters. The highest BCUT2D eigenvalue weighted by Gasteiger charge is 2.28. The van der Waals surface area contributed by atoms with Crippen molar-refractivity contribution in [3.63, 3.8) is 0 Å². The molecule has 0 aromatic heterocycles. The molecule has 118 valence electrons. The molecule has 2 rings (SSSR count). The monoisotopic (exact) mass is 314 g/mol. The van der Waals surface area contributed by atoms with E-state index >= 15 is 0 Å². The van der Waals surface area contributed by atoms with Crippen LogP contribution in [0.1, 0.15) is 44.1 Å². The number of hydrogen-bond acceptors (Lipinski definition) is 3. The molecule has 21 heavy (non-hydrogen) atoms. The van der Waals surface area contributed by atoms with Gasteiger partial charge in [0, 0.05) is 25.2 Å². The van der Waals surface area contributed by atoms with Gasteiger partial charge in [-0.3, -0.25) is 0 Å². The molecular weight excluding hydrogens is 291 g/mol. The number of halogens is 1. The highest BCUT2D eigenvalue weighted by atomic mass is 32.2. The summed E-state index contributed by atoms with van der Waals surface area (Å²) >= 11 is 0. The molecule has 1 fully saturated rings. The molecule has 0 saturated heterocycles. The first-order valence-corrected chi connectivity index (χ1v) is 8.87. The zero-order valence-corrected chi connectivity index (χ0v) is 13.2. The van der Waals surface area contributed by atoms with Crippen molar-refractivity contribution in [2.75, 3.05) is 7.05 Å². The van der Waals surface area contributed by atoms with E-state index in [0.717, 1.165) is 38.5 Å². The number of hydrogen-bond donors (Lipinski definition) is 1. The van der Waals surface area contributed by atoms with Crippen LogP contribution in [-0.4, -0.2) is 25.8 Å². The van der Waals surface area contributed by atoms with Crippen LogP contribution in [-0.2, 0) is 16.6 Å². The fourth-order valence-corrected chi connectivity index (χ4v) is 4.32. The predicted molar refractivity (Wildman–Crippen MR) is 80.7 cm³/mol. The molecule has 1 aliphatic carbocycles. The molecule has 6 heteroatoms. The molecule has 1 aromatic carbocycles. The molecule has 2 N–H and O–H groups in total. The smallest absolute Gasteiger partial charge is 0.243 e. The van der Waals surface area contributed by atoms with Gasteiger partial charge in [-0.05, 0) is 31.0 Å². The van der Waals surface area contributed by atoms with Crippen LogP contribution >= 0.6 is 0 Å². The van der Waals surface area contributed by atoms with Crippen LogP contribution in [0.25, 0.3) is 0 Å². The molecule has 0 heterocycles. The van der Waals surface area contributed by atoms with Crippen molar-refractivity contribution in [1.29, 1.82) is 0 Å². The van der Waals surface area contributed by atoms with Gasteiger partial charge in [0.05, 0.1) is 4.90 Å². The minimum Gasteiger partial charge on any atom is -0.326 e. The summed E-state index contributed by atoms with van der Waals surface area (Å²) in [4.78, 5) is 0.121. The molecule has 0 amide bonds. The SMILES string of the molecule is CN(C1CCCCCC1)S(=O)(=O)c1ccc(F)c(CN)c1. The Morgan fingerprint density at radius 1 is 1.24 bits per heavy atom. The number of nitrogens with zero attached hydrogens (tertiary/aromatic N) is 1.